The van der Waals surface area contributed by atoms with Gasteiger partial charge in [-0.2, -0.15) is 0 Å². The Morgan fingerprint density at radius 3 is 2.83 bits per heavy atom. The van der Waals surface area contributed by atoms with E-state index < -0.39 is 0 Å². The van der Waals surface area contributed by atoms with E-state index in [0.717, 1.165) is 26.7 Å². The van der Waals surface area contributed by atoms with Gasteiger partial charge in [0.25, 0.3) is 5.91 Å². The van der Waals surface area contributed by atoms with E-state index in [2.05, 4.69) is 25.9 Å². The maximum atomic E-state index is 13.1. The van der Waals surface area contributed by atoms with Crippen LogP contribution in [0.25, 0.3) is 16.7 Å². The molecule has 0 aliphatic heterocycles. The second kappa shape index (κ2) is 5.03. The van der Waals surface area contributed by atoms with Gasteiger partial charge in [0.1, 0.15) is 17.7 Å². The SMILES string of the molecule is Cc1nc2c(C)cc(Br)cn2c1C(=O)n1cnc2ccccc21. The molecule has 0 radical (unpaired) electrons. The average Bonchev–Trinajstić information content (AvgIpc) is 3.08. The summed E-state index contributed by atoms with van der Waals surface area (Å²) < 4.78 is 4.32. The monoisotopic (exact) mass is 368 g/mol. The predicted molar refractivity (Wildman–Crippen MR) is 91.8 cm³/mol. The molecule has 114 valence electrons. The Labute approximate surface area is 140 Å². The molecule has 4 aromatic rings. The lowest BCUT2D eigenvalue weighted by Crippen LogP contribution is -2.14. The molecule has 0 aliphatic rings. The van der Waals surface area contributed by atoms with Crippen LogP contribution in [0.3, 0.4) is 0 Å². The van der Waals surface area contributed by atoms with E-state index in [9.17, 15) is 4.79 Å². The van der Waals surface area contributed by atoms with Gasteiger partial charge in [-0.25, -0.2) is 9.97 Å². The Hall–Kier alpha value is -2.47. The normalized spacial score (nSPS) is 11.4. The zero-order valence-electron chi connectivity index (χ0n) is 12.6. The molecule has 0 saturated heterocycles. The van der Waals surface area contributed by atoms with Gasteiger partial charge in [0.15, 0.2) is 0 Å². The summed E-state index contributed by atoms with van der Waals surface area (Å²) in [7, 11) is 0. The van der Waals surface area contributed by atoms with Crippen LogP contribution in [-0.2, 0) is 0 Å². The van der Waals surface area contributed by atoms with Gasteiger partial charge in [0.2, 0.25) is 0 Å². The van der Waals surface area contributed by atoms with Crippen molar-refractivity contribution in [1.29, 1.82) is 0 Å². The highest BCUT2D eigenvalue weighted by molar-refractivity contribution is 9.10. The van der Waals surface area contributed by atoms with Gasteiger partial charge in [-0.1, -0.05) is 12.1 Å². The number of nitrogens with zero attached hydrogens (tertiary/aromatic N) is 4. The number of aromatic nitrogens is 4. The number of para-hydroxylation sites is 2. The van der Waals surface area contributed by atoms with Gasteiger partial charge in [-0.3, -0.25) is 13.8 Å². The number of hydrogen-bond donors (Lipinski definition) is 0. The van der Waals surface area contributed by atoms with Crippen LogP contribution in [0.4, 0.5) is 0 Å². The third kappa shape index (κ3) is 2.09. The smallest absolute Gasteiger partial charge is 0.282 e. The lowest BCUT2D eigenvalue weighted by atomic mass is 10.3. The number of fused-ring (bicyclic) bond motifs is 2. The lowest BCUT2D eigenvalue weighted by molar-refractivity contribution is 0.0958. The minimum absolute atomic E-state index is 0.138. The molecule has 4 rings (SSSR count). The highest BCUT2D eigenvalue weighted by Crippen LogP contribution is 2.22. The number of halogens is 1. The topological polar surface area (TPSA) is 52.2 Å². The first-order chi connectivity index (χ1) is 11.1. The van der Waals surface area contributed by atoms with Gasteiger partial charge in [-0.05, 0) is 53.5 Å². The first kappa shape index (κ1) is 14.1. The van der Waals surface area contributed by atoms with Crippen molar-refractivity contribution in [2.24, 2.45) is 0 Å². The number of carbonyl (C=O) groups is 1. The predicted octanol–water partition coefficient (Wildman–Crippen LogP) is 3.75. The van der Waals surface area contributed by atoms with Crippen molar-refractivity contribution in [2.75, 3.05) is 0 Å². The molecule has 0 N–H and O–H groups in total. The van der Waals surface area contributed by atoms with E-state index in [-0.39, 0.29) is 5.91 Å². The summed E-state index contributed by atoms with van der Waals surface area (Å²) >= 11 is 3.49. The molecule has 0 unspecified atom stereocenters. The fourth-order valence-corrected chi connectivity index (χ4v) is 3.42. The minimum Gasteiger partial charge on any atom is -0.294 e. The number of hydrogen-bond acceptors (Lipinski definition) is 3. The van der Waals surface area contributed by atoms with Crippen LogP contribution in [0.1, 0.15) is 21.7 Å². The third-order valence-electron chi connectivity index (χ3n) is 3.92. The summed E-state index contributed by atoms with van der Waals surface area (Å²) in [5.74, 6) is -0.138. The van der Waals surface area contributed by atoms with Crippen LogP contribution in [0, 0.1) is 13.8 Å². The van der Waals surface area contributed by atoms with E-state index in [4.69, 9.17) is 0 Å². The fourth-order valence-electron chi connectivity index (χ4n) is 2.87. The first-order valence-corrected chi connectivity index (χ1v) is 7.97. The molecule has 0 spiro atoms. The molecule has 3 heterocycles. The highest BCUT2D eigenvalue weighted by Gasteiger charge is 2.21. The summed E-state index contributed by atoms with van der Waals surface area (Å²) in [4.78, 5) is 21.9. The van der Waals surface area contributed by atoms with Crippen LogP contribution in [0.2, 0.25) is 0 Å². The second-order valence-electron chi connectivity index (χ2n) is 5.49. The van der Waals surface area contributed by atoms with Crippen molar-refractivity contribution in [1.82, 2.24) is 18.9 Å². The third-order valence-corrected chi connectivity index (χ3v) is 4.35. The number of imidazole rings is 2. The lowest BCUT2D eigenvalue weighted by Gasteiger charge is -2.06. The Bertz CT molecular complexity index is 1080. The van der Waals surface area contributed by atoms with Gasteiger partial charge >= 0.3 is 0 Å². The number of pyridine rings is 1. The molecule has 0 saturated carbocycles. The van der Waals surface area contributed by atoms with E-state index in [0.29, 0.717) is 11.4 Å². The zero-order chi connectivity index (χ0) is 16.1. The van der Waals surface area contributed by atoms with Crippen molar-refractivity contribution < 1.29 is 4.79 Å². The molecule has 0 atom stereocenters. The minimum atomic E-state index is -0.138. The second-order valence-corrected chi connectivity index (χ2v) is 6.40. The van der Waals surface area contributed by atoms with Crippen molar-refractivity contribution in [2.45, 2.75) is 13.8 Å². The summed E-state index contributed by atoms with van der Waals surface area (Å²) in [5, 5.41) is 0. The van der Waals surface area contributed by atoms with Crippen molar-refractivity contribution in [3.63, 3.8) is 0 Å². The van der Waals surface area contributed by atoms with Crippen LogP contribution in [0.15, 0.2) is 47.3 Å². The summed E-state index contributed by atoms with van der Waals surface area (Å²) in [6.07, 6.45) is 3.44. The fraction of sp³-hybridized carbons (Fsp3) is 0.118. The van der Waals surface area contributed by atoms with Crippen LogP contribution >= 0.6 is 15.9 Å². The van der Waals surface area contributed by atoms with E-state index in [1.807, 2.05) is 54.8 Å². The first-order valence-electron chi connectivity index (χ1n) is 7.18. The van der Waals surface area contributed by atoms with Crippen molar-refractivity contribution >= 4 is 38.5 Å². The van der Waals surface area contributed by atoms with E-state index >= 15 is 0 Å². The molecular formula is C17H13BrN4O. The van der Waals surface area contributed by atoms with Gasteiger partial charge in [0.05, 0.1) is 16.7 Å². The van der Waals surface area contributed by atoms with Gasteiger partial charge < -0.3 is 0 Å². The van der Waals surface area contributed by atoms with Crippen LogP contribution in [-0.4, -0.2) is 24.8 Å². The Kier molecular flexibility index (Phi) is 3.09. The number of benzene rings is 1. The maximum Gasteiger partial charge on any atom is 0.282 e. The quantitative estimate of drug-likeness (QED) is 0.514. The molecule has 0 bridgehead atoms. The molecule has 5 nitrogen and oxygen atoms in total. The Balaban J connectivity index is 1.99. The molecule has 0 fully saturated rings. The van der Waals surface area contributed by atoms with Gasteiger partial charge in [-0.15, -0.1) is 0 Å². The van der Waals surface area contributed by atoms with Crippen LogP contribution < -0.4 is 0 Å². The zero-order valence-corrected chi connectivity index (χ0v) is 14.2. The number of rotatable bonds is 1. The molecule has 0 aliphatic carbocycles. The van der Waals surface area contributed by atoms with Crippen molar-refractivity contribution in [3.8, 4) is 0 Å². The molecule has 23 heavy (non-hydrogen) atoms. The molecule has 0 amide bonds. The largest absolute Gasteiger partial charge is 0.294 e. The maximum absolute atomic E-state index is 13.1. The number of carbonyl (C=O) groups excluding carboxylic acids is 1. The Morgan fingerprint density at radius 1 is 1.22 bits per heavy atom. The highest BCUT2D eigenvalue weighted by atomic mass is 79.9. The van der Waals surface area contributed by atoms with E-state index in [1.54, 1.807) is 10.9 Å². The molecule has 6 heteroatoms. The molecule has 3 aromatic heterocycles. The molecule has 1 aromatic carbocycles. The molecular weight excluding hydrogens is 356 g/mol. The van der Waals surface area contributed by atoms with Crippen LogP contribution in [0.5, 0.6) is 0 Å². The number of aryl methyl sites for hydroxylation is 2. The summed E-state index contributed by atoms with van der Waals surface area (Å²) in [6, 6.07) is 9.57. The van der Waals surface area contributed by atoms with E-state index in [1.165, 1.54) is 0 Å². The summed E-state index contributed by atoms with van der Waals surface area (Å²) in [5.41, 5.74) is 4.64. The van der Waals surface area contributed by atoms with Crippen molar-refractivity contribution in [3.05, 3.63) is 64.3 Å². The average molecular weight is 369 g/mol. The Morgan fingerprint density at radius 2 is 2.00 bits per heavy atom. The summed E-state index contributed by atoms with van der Waals surface area (Å²) in [6.45, 7) is 3.83. The van der Waals surface area contributed by atoms with Gasteiger partial charge in [0, 0.05) is 10.7 Å². The standard InChI is InChI=1S/C17H13BrN4O/c1-10-7-12(18)8-21-15(11(2)20-16(10)21)17(23)22-9-19-13-5-3-4-6-14(13)22/h3-9H,1-2H3.